The van der Waals surface area contributed by atoms with Crippen LogP contribution < -0.4 is 0 Å². The van der Waals surface area contributed by atoms with E-state index in [1.165, 1.54) is 5.56 Å². The monoisotopic (exact) mass is 434 g/mol. The van der Waals surface area contributed by atoms with E-state index in [4.69, 9.17) is 9.16 Å². The average Bonchev–Trinajstić information content (AvgIpc) is 3.05. The van der Waals surface area contributed by atoms with Gasteiger partial charge in [-0.3, -0.25) is 4.90 Å². The fourth-order valence-electron chi connectivity index (χ4n) is 3.41. The molecule has 1 amide bonds. The van der Waals surface area contributed by atoms with Crippen LogP contribution in [0.1, 0.15) is 53.5 Å². The third-order valence-electron chi connectivity index (χ3n) is 6.17. The lowest BCUT2D eigenvalue weighted by Crippen LogP contribution is -2.48. The standard InChI is InChI=1S/C24H42N2O3Si/c1-23(2,3)29-22(27)26(16-17-28-30(7,8)24(4,5)6)21-14-15-25(19-21)18-20-12-10-9-11-13-20/h9-13,21H,14-19H2,1-8H3/t21-/m0/s1. The zero-order valence-corrected chi connectivity index (χ0v) is 21.3. The van der Waals surface area contributed by atoms with Gasteiger partial charge in [-0.15, -0.1) is 0 Å². The first kappa shape index (κ1) is 24.9. The summed E-state index contributed by atoms with van der Waals surface area (Å²) < 4.78 is 12.1. The highest BCUT2D eigenvalue weighted by Crippen LogP contribution is 2.36. The Bertz CT molecular complexity index is 680. The van der Waals surface area contributed by atoms with E-state index < -0.39 is 13.9 Å². The smallest absolute Gasteiger partial charge is 0.410 e. The SMILES string of the molecule is CC(C)(C)OC(=O)N(CCO[Si](C)(C)C(C)(C)C)[C@H]1CCN(Cc2ccccc2)C1. The van der Waals surface area contributed by atoms with Crippen LogP contribution >= 0.6 is 0 Å². The van der Waals surface area contributed by atoms with Gasteiger partial charge in [0.2, 0.25) is 0 Å². The van der Waals surface area contributed by atoms with Crippen molar-refractivity contribution in [2.75, 3.05) is 26.2 Å². The number of benzene rings is 1. The highest BCUT2D eigenvalue weighted by atomic mass is 28.4. The number of carbonyl (C=O) groups is 1. The van der Waals surface area contributed by atoms with Gasteiger partial charge in [0.05, 0.1) is 6.61 Å². The first-order valence-corrected chi connectivity index (χ1v) is 14.1. The van der Waals surface area contributed by atoms with E-state index in [0.717, 1.165) is 26.1 Å². The lowest BCUT2D eigenvalue weighted by molar-refractivity contribution is 0.0135. The molecule has 1 aromatic carbocycles. The minimum Gasteiger partial charge on any atom is -0.444 e. The number of hydrogen-bond donors (Lipinski definition) is 0. The Morgan fingerprint density at radius 2 is 1.77 bits per heavy atom. The van der Waals surface area contributed by atoms with E-state index in [-0.39, 0.29) is 17.2 Å². The molecular weight excluding hydrogens is 392 g/mol. The fourth-order valence-corrected chi connectivity index (χ4v) is 4.45. The predicted molar refractivity (Wildman–Crippen MR) is 126 cm³/mol. The molecule has 1 aliphatic rings. The van der Waals surface area contributed by atoms with Crippen LogP contribution in [0.5, 0.6) is 0 Å². The molecule has 1 atom stereocenters. The van der Waals surface area contributed by atoms with Crippen molar-refractivity contribution in [3.63, 3.8) is 0 Å². The van der Waals surface area contributed by atoms with E-state index in [2.05, 4.69) is 63.0 Å². The van der Waals surface area contributed by atoms with Crippen LogP contribution in [0.25, 0.3) is 0 Å². The van der Waals surface area contributed by atoms with Crippen LogP contribution in [-0.2, 0) is 15.7 Å². The van der Waals surface area contributed by atoms with Crippen molar-refractivity contribution in [1.82, 2.24) is 9.80 Å². The Morgan fingerprint density at radius 1 is 1.13 bits per heavy atom. The van der Waals surface area contributed by atoms with Crippen LogP contribution in [0.15, 0.2) is 30.3 Å². The summed E-state index contributed by atoms with van der Waals surface area (Å²) in [6.45, 7) is 20.9. The largest absolute Gasteiger partial charge is 0.444 e. The first-order valence-electron chi connectivity index (χ1n) is 11.2. The molecule has 1 heterocycles. The number of likely N-dealkylation sites (tertiary alicyclic amines) is 1. The Balaban J connectivity index is 2.02. The molecule has 0 unspecified atom stereocenters. The van der Waals surface area contributed by atoms with E-state index in [9.17, 15) is 4.79 Å². The van der Waals surface area contributed by atoms with Gasteiger partial charge in [0.15, 0.2) is 8.32 Å². The summed E-state index contributed by atoms with van der Waals surface area (Å²) in [7, 11) is -1.85. The Kier molecular flexibility index (Phi) is 8.16. The highest BCUT2D eigenvalue weighted by Gasteiger charge is 2.38. The molecule has 0 bridgehead atoms. The summed E-state index contributed by atoms with van der Waals surface area (Å²) in [5.41, 5.74) is 0.807. The molecule has 0 aromatic heterocycles. The third-order valence-corrected chi connectivity index (χ3v) is 10.7. The van der Waals surface area contributed by atoms with Crippen molar-refractivity contribution in [1.29, 1.82) is 0 Å². The zero-order valence-electron chi connectivity index (χ0n) is 20.3. The molecule has 0 aliphatic carbocycles. The molecule has 0 saturated carbocycles. The topological polar surface area (TPSA) is 42.0 Å². The van der Waals surface area contributed by atoms with Crippen molar-refractivity contribution in [3.8, 4) is 0 Å². The number of ether oxygens (including phenoxy) is 1. The van der Waals surface area contributed by atoms with Gasteiger partial charge in [0.1, 0.15) is 5.60 Å². The lowest BCUT2D eigenvalue weighted by atomic mass is 10.2. The number of hydrogen-bond acceptors (Lipinski definition) is 4. The molecule has 170 valence electrons. The average molecular weight is 435 g/mol. The highest BCUT2D eigenvalue weighted by molar-refractivity contribution is 6.74. The second kappa shape index (κ2) is 9.84. The molecule has 6 heteroatoms. The Labute approximate surface area is 184 Å². The summed E-state index contributed by atoms with van der Waals surface area (Å²) in [6.07, 6.45) is 0.736. The van der Waals surface area contributed by atoms with Crippen LogP contribution in [0.4, 0.5) is 4.79 Å². The minimum atomic E-state index is -1.85. The Hall–Kier alpha value is -1.37. The molecule has 0 radical (unpaired) electrons. The number of carbonyl (C=O) groups excluding carboxylic acids is 1. The molecule has 1 aromatic rings. The zero-order chi connectivity index (χ0) is 22.6. The Morgan fingerprint density at radius 3 is 2.33 bits per heavy atom. The number of rotatable bonds is 7. The van der Waals surface area contributed by atoms with Crippen molar-refractivity contribution < 1.29 is 14.0 Å². The summed E-state index contributed by atoms with van der Waals surface area (Å²) in [4.78, 5) is 17.3. The maximum Gasteiger partial charge on any atom is 0.410 e. The fraction of sp³-hybridized carbons (Fsp3) is 0.708. The second-order valence-corrected chi connectivity index (χ2v) is 15.8. The van der Waals surface area contributed by atoms with Gasteiger partial charge < -0.3 is 14.1 Å². The second-order valence-electron chi connectivity index (χ2n) is 10.9. The maximum absolute atomic E-state index is 13.0. The number of nitrogens with zero attached hydrogens (tertiary/aromatic N) is 2. The molecule has 2 rings (SSSR count). The van der Waals surface area contributed by atoms with Gasteiger partial charge in [-0.25, -0.2) is 4.79 Å². The minimum absolute atomic E-state index is 0.156. The van der Waals surface area contributed by atoms with Gasteiger partial charge in [0, 0.05) is 32.2 Å². The van der Waals surface area contributed by atoms with E-state index in [1.807, 2.05) is 31.7 Å². The normalized spacial score (nSPS) is 18.5. The third kappa shape index (κ3) is 7.40. The van der Waals surface area contributed by atoms with E-state index in [1.54, 1.807) is 0 Å². The molecule has 0 N–H and O–H groups in total. The summed E-state index contributed by atoms with van der Waals surface area (Å²) in [5.74, 6) is 0. The molecule has 1 aliphatic heterocycles. The molecule has 1 fully saturated rings. The van der Waals surface area contributed by atoms with Crippen molar-refractivity contribution in [2.45, 2.75) is 84.3 Å². The van der Waals surface area contributed by atoms with Gasteiger partial charge in [-0.05, 0) is 50.9 Å². The molecule has 1 saturated heterocycles. The van der Waals surface area contributed by atoms with Crippen LogP contribution in [0.2, 0.25) is 18.1 Å². The van der Waals surface area contributed by atoms with E-state index >= 15 is 0 Å². The van der Waals surface area contributed by atoms with Crippen LogP contribution in [-0.4, -0.2) is 62.1 Å². The van der Waals surface area contributed by atoms with Gasteiger partial charge in [-0.2, -0.15) is 0 Å². The van der Waals surface area contributed by atoms with Crippen LogP contribution in [0, 0.1) is 0 Å². The maximum atomic E-state index is 13.0. The van der Waals surface area contributed by atoms with E-state index in [0.29, 0.717) is 13.2 Å². The lowest BCUT2D eigenvalue weighted by Gasteiger charge is -2.37. The summed E-state index contributed by atoms with van der Waals surface area (Å²) >= 11 is 0. The molecular formula is C24H42N2O3Si. The van der Waals surface area contributed by atoms with Crippen LogP contribution in [0.3, 0.4) is 0 Å². The number of amides is 1. The van der Waals surface area contributed by atoms with Crippen molar-refractivity contribution in [2.24, 2.45) is 0 Å². The van der Waals surface area contributed by atoms with Crippen molar-refractivity contribution in [3.05, 3.63) is 35.9 Å². The van der Waals surface area contributed by atoms with Gasteiger partial charge in [-0.1, -0.05) is 51.1 Å². The van der Waals surface area contributed by atoms with Gasteiger partial charge in [0.25, 0.3) is 0 Å². The summed E-state index contributed by atoms with van der Waals surface area (Å²) in [5, 5.41) is 0.156. The first-order chi connectivity index (χ1) is 13.8. The molecule has 30 heavy (non-hydrogen) atoms. The predicted octanol–water partition coefficient (Wildman–Crippen LogP) is 5.52. The molecule has 5 nitrogen and oxygen atoms in total. The quantitative estimate of drug-likeness (QED) is 0.530. The molecule has 0 spiro atoms. The van der Waals surface area contributed by atoms with Crippen molar-refractivity contribution >= 4 is 14.4 Å². The summed E-state index contributed by atoms with van der Waals surface area (Å²) in [6, 6.07) is 10.7. The van der Waals surface area contributed by atoms with Gasteiger partial charge >= 0.3 is 6.09 Å².